The molecule has 1 unspecified atom stereocenters. The van der Waals surface area contributed by atoms with Crippen LogP contribution in [0.5, 0.6) is 0 Å². The molecule has 0 radical (unpaired) electrons. The quantitative estimate of drug-likeness (QED) is 0.782. The van der Waals surface area contributed by atoms with Crippen LogP contribution in [0, 0.1) is 0 Å². The van der Waals surface area contributed by atoms with Crippen LogP contribution < -0.4 is 10.6 Å². The van der Waals surface area contributed by atoms with Gasteiger partial charge in [0.05, 0.1) is 6.54 Å². The van der Waals surface area contributed by atoms with E-state index in [9.17, 15) is 4.79 Å². The van der Waals surface area contributed by atoms with Gasteiger partial charge in [0.15, 0.2) is 0 Å². The smallest absolute Gasteiger partial charge is 0.239 e. The summed E-state index contributed by atoms with van der Waals surface area (Å²) in [6, 6.07) is 9.74. The van der Waals surface area contributed by atoms with Crippen molar-refractivity contribution in [3.05, 3.63) is 30.3 Å². The Morgan fingerprint density at radius 1 is 1.35 bits per heavy atom. The number of carbonyl (C=O) groups is 1. The molecule has 0 aromatic heterocycles. The molecule has 0 aliphatic carbocycles. The summed E-state index contributed by atoms with van der Waals surface area (Å²) in [6.07, 6.45) is 3.10. The first-order valence-electron chi connectivity index (χ1n) is 5.81. The Hall–Kier alpha value is -1.16. The third-order valence-electron chi connectivity index (χ3n) is 2.50. The second-order valence-corrected chi connectivity index (χ2v) is 5.18. The van der Waals surface area contributed by atoms with Gasteiger partial charge in [-0.15, -0.1) is 0 Å². The van der Waals surface area contributed by atoms with Gasteiger partial charge in [0.25, 0.3) is 0 Å². The maximum absolute atomic E-state index is 11.5. The number of rotatable bonds is 7. The number of amides is 1. The van der Waals surface area contributed by atoms with Crippen LogP contribution in [-0.4, -0.2) is 30.5 Å². The highest BCUT2D eigenvalue weighted by atomic mass is 32.2. The fourth-order valence-corrected chi connectivity index (χ4v) is 1.69. The predicted octanol–water partition coefficient (Wildman–Crippen LogP) is 2.36. The van der Waals surface area contributed by atoms with Gasteiger partial charge in [0.1, 0.15) is 0 Å². The maximum atomic E-state index is 11.5. The molecule has 0 saturated heterocycles. The van der Waals surface area contributed by atoms with Gasteiger partial charge < -0.3 is 10.6 Å². The summed E-state index contributed by atoms with van der Waals surface area (Å²) in [7, 11) is 0. The summed E-state index contributed by atoms with van der Waals surface area (Å²) in [6.45, 7) is 3.24. The summed E-state index contributed by atoms with van der Waals surface area (Å²) in [4.78, 5) is 11.5. The second kappa shape index (κ2) is 8.01. The lowest BCUT2D eigenvalue weighted by atomic mass is 10.3. The van der Waals surface area contributed by atoms with Crippen molar-refractivity contribution in [2.45, 2.75) is 18.6 Å². The number of nitrogens with one attached hydrogen (secondary N) is 2. The highest BCUT2D eigenvalue weighted by molar-refractivity contribution is 7.99. The molecule has 1 rings (SSSR count). The predicted molar refractivity (Wildman–Crippen MR) is 75.5 cm³/mol. The van der Waals surface area contributed by atoms with Crippen molar-refractivity contribution in [3.8, 4) is 0 Å². The molecule has 0 spiro atoms. The van der Waals surface area contributed by atoms with E-state index in [1.54, 1.807) is 0 Å². The van der Waals surface area contributed by atoms with E-state index >= 15 is 0 Å². The monoisotopic (exact) mass is 252 g/mol. The molecule has 17 heavy (non-hydrogen) atoms. The normalized spacial score (nSPS) is 11.9. The van der Waals surface area contributed by atoms with E-state index in [1.807, 2.05) is 42.1 Å². The molecular formula is C13H20N2OS. The minimum Gasteiger partial charge on any atom is -0.376 e. The summed E-state index contributed by atoms with van der Waals surface area (Å²) in [5.74, 6) is 0.0437. The van der Waals surface area contributed by atoms with Crippen LogP contribution in [-0.2, 0) is 4.79 Å². The molecule has 94 valence electrons. The van der Waals surface area contributed by atoms with Gasteiger partial charge in [-0.2, -0.15) is 11.8 Å². The Labute approximate surface area is 107 Å². The van der Waals surface area contributed by atoms with Crippen LogP contribution in [0.2, 0.25) is 0 Å². The fraction of sp³-hybridized carbons (Fsp3) is 0.462. The summed E-state index contributed by atoms with van der Waals surface area (Å²) in [5, 5.41) is 6.58. The van der Waals surface area contributed by atoms with E-state index in [4.69, 9.17) is 0 Å². The van der Waals surface area contributed by atoms with E-state index < -0.39 is 0 Å². The maximum Gasteiger partial charge on any atom is 0.239 e. The van der Waals surface area contributed by atoms with E-state index in [0.29, 0.717) is 11.8 Å². The molecule has 4 heteroatoms. The molecule has 0 saturated carbocycles. The van der Waals surface area contributed by atoms with Gasteiger partial charge >= 0.3 is 0 Å². The van der Waals surface area contributed by atoms with Crippen molar-refractivity contribution in [1.29, 1.82) is 0 Å². The molecule has 1 aromatic carbocycles. The Morgan fingerprint density at radius 2 is 2.06 bits per heavy atom. The first-order chi connectivity index (χ1) is 8.22. The molecule has 3 nitrogen and oxygen atoms in total. The molecule has 2 N–H and O–H groups in total. The molecule has 0 bridgehead atoms. The number of carbonyl (C=O) groups excluding carboxylic acids is 1. The third kappa shape index (κ3) is 6.22. The average Bonchev–Trinajstić information content (AvgIpc) is 2.37. The number of hydrogen-bond donors (Lipinski definition) is 2. The lowest BCUT2D eigenvalue weighted by Crippen LogP contribution is -2.31. The van der Waals surface area contributed by atoms with Crippen LogP contribution in [0.15, 0.2) is 30.3 Å². The lowest BCUT2D eigenvalue weighted by Gasteiger charge is -2.10. The van der Waals surface area contributed by atoms with Crippen LogP contribution in [0.25, 0.3) is 0 Å². The molecule has 0 aliphatic heterocycles. The first kappa shape index (κ1) is 13.9. The van der Waals surface area contributed by atoms with Crippen LogP contribution in [0.3, 0.4) is 0 Å². The second-order valence-electron chi connectivity index (χ2n) is 3.90. The summed E-state index contributed by atoms with van der Waals surface area (Å²) >= 11 is 1.82. The zero-order valence-corrected chi connectivity index (χ0v) is 11.2. The molecule has 0 fully saturated rings. The molecule has 1 amide bonds. The largest absolute Gasteiger partial charge is 0.376 e. The van der Waals surface area contributed by atoms with E-state index in [2.05, 4.69) is 23.8 Å². The highest BCUT2D eigenvalue weighted by Crippen LogP contribution is 2.08. The highest BCUT2D eigenvalue weighted by Gasteiger charge is 2.02. The Bertz CT molecular complexity index is 329. The van der Waals surface area contributed by atoms with E-state index in [-0.39, 0.29) is 5.91 Å². The Kier molecular flexibility index (Phi) is 6.55. The third-order valence-corrected chi connectivity index (χ3v) is 3.54. The minimum atomic E-state index is 0.0437. The summed E-state index contributed by atoms with van der Waals surface area (Å²) < 4.78 is 0. The standard InChI is InChI=1S/C13H20N2OS/c1-11(17-2)8-9-14-13(16)10-15-12-6-4-3-5-7-12/h3-7,11,15H,8-10H2,1-2H3,(H,14,16). The number of benzene rings is 1. The molecule has 0 heterocycles. The van der Waals surface area contributed by atoms with Crippen molar-refractivity contribution in [1.82, 2.24) is 5.32 Å². The van der Waals surface area contributed by atoms with Gasteiger partial charge in [-0.05, 0) is 24.8 Å². The van der Waals surface area contributed by atoms with Crippen molar-refractivity contribution < 1.29 is 4.79 Å². The number of anilines is 1. The van der Waals surface area contributed by atoms with Crippen molar-refractivity contribution in [2.75, 3.05) is 24.7 Å². The zero-order valence-electron chi connectivity index (χ0n) is 10.4. The molecule has 0 aliphatic rings. The van der Waals surface area contributed by atoms with Crippen molar-refractivity contribution in [3.63, 3.8) is 0 Å². The van der Waals surface area contributed by atoms with E-state index in [0.717, 1.165) is 18.7 Å². The van der Waals surface area contributed by atoms with Gasteiger partial charge in [-0.25, -0.2) is 0 Å². The lowest BCUT2D eigenvalue weighted by molar-refractivity contribution is -0.119. The minimum absolute atomic E-state index is 0.0437. The number of thioether (sulfide) groups is 1. The molecule has 1 aromatic rings. The van der Waals surface area contributed by atoms with Crippen molar-refractivity contribution in [2.24, 2.45) is 0 Å². The molecular weight excluding hydrogens is 232 g/mol. The Morgan fingerprint density at radius 3 is 2.71 bits per heavy atom. The van der Waals surface area contributed by atoms with Gasteiger partial charge in [-0.1, -0.05) is 25.1 Å². The van der Waals surface area contributed by atoms with Crippen LogP contribution in [0.1, 0.15) is 13.3 Å². The topological polar surface area (TPSA) is 41.1 Å². The Balaban J connectivity index is 2.13. The van der Waals surface area contributed by atoms with Crippen molar-refractivity contribution >= 4 is 23.4 Å². The SMILES string of the molecule is CSC(C)CCNC(=O)CNc1ccccc1. The average molecular weight is 252 g/mol. The molecule has 1 atom stereocenters. The summed E-state index contributed by atoms with van der Waals surface area (Å²) in [5.41, 5.74) is 0.972. The number of para-hydroxylation sites is 1. The van der Waals surface area contributed by atoms with Crippen LogP contribution in [0.4, 0.5) is 5.69 Å². The van der Waals surface area contributed by atoms with Gasteiger partial charge in [-0.3, -0.25) is 4.79 Å². The fourth-order valence-electron chi connectivity index (χ4n) is 1.33. The van der Waals surface area contributed by atoms with Gasteiger partial charge in [0, 0.05) is 17.5 Å². The number of hydrogen-bond acceptors (Lipinski definition) is 3. The first-order valence-corrected chi connectivity index (χ1v) is 7.09. The zero-order chi connectivity index (χ0) is 12.5. The van der Waals surface area contributed by atoms with E-state index in [1.165, 1.54) is 0 Å². The van der Waals surface area contributed by atoms with Gasteiger partial charge in [0.2, 0.25) is 5.91 Å². The van der Waals surface area contributed by atoms with Crippen LogP contribution >= 0.6 is 11.8 Å².